The molecule has 0 radical (unpaired) electrons. The fourth-order valence-corrected chi connectivity index (χ4v) is 2.97. The van der Waals surface area contributed by atoms with E-state index in [1.807, 2.05) is 6.92 Å². The summed E-state index contributed by atoms with van der Waals surface area (Å²) in [4.78, 5) is 37.5. The molecule has 2 heterocycles. The third kappa shape index (κ3) is 5.19. The summed E-state index contributed by atoms with van der Waals surface area (Å²) in [6.07, 6.45) is 3.48. The van der Waals surface area contributed by atoms with Crippen molar-refractivity contribution in [3.05, 3.63) is 24.2 Å². The van der Waals surface area contributed by atoms with E-state index in [4.69, 9.17) is 9.15 Å². The second-order valence-corrected chi connectivity index (χ2v) is 8.10. The van der Waals surface area contributed by atoms with E-state index in [0.717, 1.165) is 0 Å². The third-order valence-corrected chi connectivity index (χ3v) is 5.56. The average Bonchev–Trinajstić information content (AvgIpc) is 3.24. The monoisotopic (exact) mass is 378 g/mol. The molecular weight excluding hydrogens is 348 g/mol. The highest BCUT2D eigenvalue weighted by Gasteiger charge is 2.38. The minimum Gasteiger partial charge on any atom is -0.472 e. The fraction of sp³-hybridized carbons (Fsp3) is 0.650. The van der Waals surface area contributed by atoms with Crippen LogP contribution in [0.4, 0.5) is 0 Å². The molecule has 0 saturated carbocycles. The zero-order valence-electron chi connectivity index (χ0n) is 16.7. The first-order chi connectivity index (χ1) is 12.7. The molecule has 0 spiro atoms. The Morgan fingerprint density at radius 3 is 2.59 bits per heavy atom. The van der Waals surface area contributed by atoms with Gasteiger partial charge in [-0.15, -0.1) is 0 Å². The van der Waals surface area contributed by atoms with E-state index >= 15 is 0 Å². The highest BCUT2D eigenvalue weighted by Crippen LogP contribution is 2.31. The maximum Gasteiger partial charge on any atom is 0.255 e. The largest absolute Gasteiger partial charge is 0.472 e. The summed E-state index contributed by atoms with van der Waals surface area (Å²) in [5.74, 6) is -0.593. The molecule has 0 bridgehead atoms. The molecule has 2 amide bonds. The molecule has 2 rings (SSSR count). The van der Waals surface area contributed by atoms with Crippen LogP contribution >= 0.6 is 0 Å². The lowest BCUT2D eigenvalue weighted by atomic mass is 9.76. The van der Waals surface area contributed by atoms with Crippen molar-refractivity contribution in [3.8, 4) is 0 Å². The molecule has 150 valence electrons. The summed E-state index contributed by atoms with van der Waals surface area (Å²) < 4.78 is 10.4. The Kier molecular flexibility index (Phi) is 6.81. The predicted octanol–water partition coefficient (Wildman–Crippen LogP) is 2.31. The summed E-state index contributed by atoms with van der Waals surface area (Å²) in [7, 11) is 0. The smallest absolute Gasteiger partial charge is 0.255 e. The van der Waals surface area contributed by atoms with E-state index in [-0.39, 0.29) is 35.7 Å². The second kappa shape index (κ2) is 8.69. The Morgan fingerprint density at radius 1 is 1.33 bits per heavy atom. The van der Waals surface area contributed by atoms with Gasteiger partial charge >= 0.3 is 0 Å². The summed E-state index contributed by atoms with van der Waals surface area (Å²) >= 11 is 0. The second-order valence-electron chi connectivity index (χ2n) is 8.10. The molecule has 1 fully saturated rings. The van der Waals surface area contributed by atoms with E-state index in [1.54, 1.807) is 6.07 Å². The first-order valence-electron chi connectivity index (χ1n) is 9.43. The van der Waals surface area contributed by atoms with Crippen molar-refractivity contribution in [3.63, 3.8) is 0 Å². The minimum absolute atomic E-state index is 0.00693. The van der Waals surface area contributed by atoms with Gasteiger partial charge in [0.1, 0.15) is 25.0 Å². The fourth-order valence-electron chi connectivity index (χ4n) is 2.97. The molecule has 1 aromatic rings. The van der Waals surface area contributed by atoms with Crippen LogP contribution in [0.15, 0.2) is 23.0 Å². The van der Waals surface area contributed by atoms with E-state index < -0.39 is 12.1 Å². The average molecular weight is 378 g/mol. The highest BCUT2D eigenvalue weighted by molar-refractivity contribution is 5.98. The number of ether oxygens (including phenoxy) is 1. The Labute approximate surface area is 160 Å². The molecule has 7 heteroatoms. The first-order valence-corrected chi connectivity index (χ1v) is 9.43. The third-order valence-electron chi connectivity index (χ3n) is 5.56. The number of hydrogen-bond donors (Lipinski definition) is 2. The highest BCUT2D eigenvalue weighted by atomic mass is 16.5. The number of nitrogens with one attached hydrogen (secondary N) is 2. The topological polar surface area (TPSA) is 97.6 Å². The van der Waals surface area contributed by atoms with Gasteiger partial charge in [-0.1, -0.05) is 34.6 Å². The van der Waals surface area contributed by atoms with Crippen LogP contribution in [0.5, 0.6) is 0 Å². The van der Waals surface area contributed by atoms with E-state index in [0.29, 0.717) is 24.3 Å². The molecule has 27 heavy (non-hydrogen) atoms. The normalized spacial score (nSPS) is 21.3. The molecule has 3 unspecified atom stereocenters. The van der Waals surface area contributed by atoms with Crippen molar-refractivity contribution < 1.29 is 23.5 Å². The summed E-state index contributed by atoms with van der Waals surface area (Å²) in [5, 5.41) is 5.58. The number of furan rings is 1. The molecule has 2 N–H and O–H groups in total. The van der Waals surface area contributed by atoms with Crippen LogP contribution in [-0.2, 0) is 14.3 Å². The standard InChI is InChI=1S/C20H30N2O5/c1-6-16-17(15(23)11-27-16)22-19(25)14(9-20(4,5)12(2)3)21-18(24)13-7-8-26-10-13/h7-8,10,12,14,16-17H,6,9,11H2,1-5H3,(H,21,24)(H,22,25). The van der Waals surface area contributed by atoms with E-state index in [1.165, 1.54) is 12.5 Å². The van der Waals surface area contributed by atoms with Crippen LogP contribution in [0.3, 0.4) is 0 Å². The van der Waals surface area contributed by atoms with Gasteiger partial charge < -0.3 is 19.8 Å². The molecule has 7 nitrogen and oxygen atoms in total. The van der Waals surface area contributed by atoms with Crippen LogP contribution in [0, 0.1) is 11.3 Å². The summed E-state index contributed by atoms with van der Waals surface area (Å²) in [5.41, 5.74) is 0.160. The number of rotatable bonds is 8. The first kappa shape index (κ1) is 21.2. The lowest BCUT2D eigenvalue weighted by Gasteiger charge is -2.33. The van der Waals surface area contributed by atoms with Crippen LogP contribution < -0.4 is 10.6 Å². The van der Waals surface area contributed by atoms with Crippen molar-refractivity contribution in [1.82, 2.24) is 10.6 Å². The van der Waals surface area contributed by atoms with Crippen LogP contribution in [0.2, 0.25) is 0 Å². The Balaban J connectivity index is 2.16. The van der Waals surface area contributed by atoms with Crippen LogP contribution in [0.1, 0.15) is 57.8 Å². The van der Waals surface area contributed by atoms with Gasteiger partial charge in [0.05, 0.1) is 17.9 Å². The molecule has 0 aromatic carbocycles. The number of carbonyl (C=O) groups excluding carboxylic acids is 3. The zero-order valence-corrected chi connectivity index (χ0v) is 16.7. The molecule has 3 atom stereocenters. The van der Waals surface area contributed by atoms with Gasteiger partial charge in [0.2, 0.25) is 5.91 Å². The summed E-state index contributed by atoms with van der Waals surface area (Å²) in [6.45, 7) is 10.2. The Morgan fingerprint density at radius 2 is 2.04 bits per heavy atom. The maximum atomic E-state index is 13.0. The predicted molar refractivity (Wildman–Crippen MR) is 100 cm³/mol. The van der Waals surface area contributed by atoms with E-state index in [2.05, 4.69) is 38.3 Å². The van der Waals surface area contributed by atoms with E-state index in [9.17, 15) is 14.4 Å². The van der Waals surface area contributed by atoms with Gasteiger partial charge in [0, 0.05) is 0 Å². The van der Waals surface area contributed by atoms with Gasteiger partial charge in [-0.2, -0.15) is 0 Å². The maximum absolute atomic E-state index is 13.0. The van der Waals surface area contributed by atoms with Gasteiger partial charge in [0.25, 0.3) is 5.91 Å². The van der Waals surface area contributed by atoms with Gasteiger partial charge in [-0.05, 0) is 30.2 Å². The van der Waals surface area contributed by atoms with Crippen molar-refractivity contribution in [2.45, 2.75) is 65.6 Å². The lowest BCUT2D eigenvalue weighted by molar-refractivity contribution is -0.128. The Bertz CT molecular complexity index is 666. The summed E-state index contributed by atoms with van der Waals surface area (Å²) in [6, 6.07) is 0.105. The molecule has 1 aromatic heterocycles. The van der Waals surface area contributed by atoms with Gasteiger partial charge in [0.15, 0.2) is 5.78 Å². The quantitative estimate of drug-likeness (QED) is 0.723. The molecular formula is C20H30N2O5. The number of Topliss-reactive ketones (excluding diaryl/α,β-unsaturated/α-hetero) is 1. The molecule has 1 aliphatic heterocycles. The van der Waals surface area contributed by atoms with Crippen LogP contribution in [0.25, 0.3) is 0 Å². The molecule has 1 aliphatic rings. The van der Waals surface area contributed by atoms with Crippen molar-refractivity contribution in [2.24, 2.45) is 11.3 Å². The van der Waals surface area contributed by atoms with Crippen LogP contribution in [-0.4, -0.2) is 42.4 Å². The molecule has 0 aliphatic carbocycles. The zero-order chi connectivity index (χ0) is 20.2. The van der Waals surface area contributed by atoms with Gasteiger partial charge in [-0.25, -0.2) is 0 Å². The number of amides is 2. The number of ketones is 1. The van der Waals surface area contributed by atoms with Crippen molar-refractivity contribution in [2.75, 3.05) is 6.61 Å². The number of carbonyl (C=O) groups is 3. The Hall–Kier alpha value is -2.15. The SMILES string of the molecule is CCC1OCC(=O)C1NC(=O)C(CC(C)(C)C(C)C)NC(=O)c1ccoc1. The minimum atomic E-state index is -0.768. The van der Waals surface area contributed by atoms with Crippen molar-refractivity contribution >= 4 is 17.6 Å². The lowest BCUT2D eigenvalue weighted by Crippen LogP contribution is -2.54. The van der Waals surface area contributed by atoms with Crippen molar-refractivity contribution in [1.29, 1.82) is 0 Å². The van der Waals surface area contributed by atoms with Gasteiger partial charge in [-0.3, -0.25) is 14.4 Å². The molecule has 1 saturated heterocycles. The number of hydrogen-bond acceptors (Lipinski definition) is 5.